The van der Waals surface area contributed by atoms with E-state index in [4.69, 9.17) is 5.73 Å². The minimum atomic E-state index is -0.738. The molecule has 0 aromatic carbocycles. The van der Waals surface area contributed by atoms with Crippen molar-refractivity contribution in [1.29, 1.82) is 0 Å². The Hall–Kier alpha value is -2.71. The fourth-order valence-electron chi connectivity index (χ4n) is 3.77. The number of amidine groups is 1. The number of likely N-dealkylation sites (N-methyl/N-ethyl adjacent to an activating group) is 1. The van der Waals surface area contributed by atoms with Crippen LogP contribution in [0.4, 0.5) is 10.7 Å². The van der Waals surface area contributed by atoms with Gasteiger partial charge >= 0.3 is 12.0 Å². The molecule has 9 heteroatoms. The zero-order chi connectivity index (χ0) is 19.9. The van der Waals surface area contributed by atoms with Gasteiger partial charge in [-0.3, -0.25) is 19.4 Å². The molecule has 9 nitrogen and oxygen atoms in total. The molecule has 1 aromatic rings. The molecule has 1 unspecified atom stereocenters. The summed E-state index contributed by atoms with van der Waals surface area (Å²) >= 11 is 0. The fraction of sp³-hybridized carbons (Fsp3) is 0.611. The Kier molecular flexibility index (Phi) is 5.03. The molecular formula is C18H27N6O3+. The first kappa shape index (κ1) is 19.1. The van der Waals surface area contributed by atoms with Crippen LogP contribution in [0.1, 0.15) is 50.0 Å². The van der Waals surface area contributed by atoms with Crippen molar-refractivity contribution >= 4 is 29.6 Å². The molecular weight excluding hydrogens is 348 g/mol. The third-order valence-electron chi connectivity index (χ3n) is 5.37. The van der Waals surface area contributed by atoms with Crippen LogP contribution in [0, 0.1) is 13.8 Å². The zero-order valence-corrected chi connectivity index (χ0v) is 16.4. The van der Waals surface area contributed by atoms with Gasteiger partial charge < -0.3 is 5.73 Å². The highest BCUT2D eigenvalue weighted by atomic mass is 16.2. The maximum Gasteiger partial charge on any atom is 0.402 e. The highest BCUT2D eigenvalue weighted by Gasteiger charge is 2.54. The van der Waals surface area contributed by atoms with Gasteiger partial charge in [-0.1, -0.05) is 31.2 Å². The maximum absolute atomic E-state index is 13.0. The van der Waals surface area contributed by atoms with Crippen LogP contribution < -0.4 is 10.3 Å². The van der Waals surface area contributed by atoms with Gasteiger partial charge in [0.2, 0.25) is 17.8 Å². The van der Waals surface area contributed by atoms with Crippen LogP contribution in [0.2, 0.25) is 0 Å². The van der Waals surface area contributed by atoms with E-state index < -0.39 is 30.4 Å². The third kappa shape index (κ3) is 3.00. The molecule has 146 valence electrons. The van der Waals surface area contributed by atoms with Crippen molar-refractivity contribution in [3.05, 3.63) is 11.4 Å². The predicted octanol–water partition coefficient (Wildman–Crippen LogP) is 0.937. The van der Waals surface area contributed by atoms with Gasteiger partial charge in [0.1, 0.15) is 17.9 Å². The normalized spacial score (nSPS) is 18.7. The lowest BCUT2D eigenvalue weighted by Gasteiger charge is -2.32. The maximum atomic E-state index is 13.0. The van der Waals surface area contributed by atoms with E-state index in [0.29, 0.717) is 11.8 Å². The lowest BCUT2D eigenvalue weighted by Crippen LogP contribution is -2.59. The number of urea groups is 1. The summed E-state index contributed by atoms with van der Waals surface area (Å²) in [5.41, 5.74) is 7.20. The zero-order valence-electron chi connectivity index (χ0n) is 16.4. The van der Waals surface area contributed by atoms with E-state index in [9.17, 15) is 14.4 Å². The number of carbonyl (C=O) groups excluding carboxylic acids is 3. The molecule has 2 aliphatic rings. The second-order valence-corrected chi connectivity index (χ2v) is 7.16. The Labute approximate surface area is 158 Å². The second kappa shape index (κ2) is 7.13. The number of imidazole rings is 1. The van der Waals surface area contributed by atoms with E-state index in [1.807, 2.05) is 18.4 Å². The van der Waals surface area contributed by atoms with Crippen molar-refractivity contribution in [3.8, 4) is 0 Å². The molecule has 1 atom stereocenters. The smallest absolute Gasteiger partial charge is 0.368 e. The highest BCUT2D eigenvalue weighted by molar-refractivity contribution is 6.21. The van der Waals surface area contributed by atoms with Crippen LogP contribution in [-0.2, 0) is 16.1 Å². The molecule has 0 bridgehead atoms. The third-order valence-corrected chi connectivity index (χ3v) is 5.37. The van der Waals surface area contributed by atoms with Crippen LogP contribution in [0.15, 0.2) is 4.99 Å². The Bertz CT molecular complexity index is 841. The van der Waals surface area contributed by atoms with Crippen molar-refractivity contribution in [2.24, 2.45) is 10.7 Å². The van der Waals surface area contributed by atoms with Gasteiger partial charge in [0.25, 0.3) is 5.91 Å². The lowest BCUT2D eigenvalue weighted by molar-refractivity contribution is -0.689. The summed E-state index contributed by atoms with van der Waals surface area (Å²) in [5, 5.41) is 0. The van der Waals surface area contributed by atoms with Gasteiger partial charge in [-0.2, -0.15) is 0 Å². The van der Waals surface area contributed by atoms with E-state index >= 15 is 0 Å². The molecule has 2 aliphatic heterocycles. The first-order chi connectivity index (χ1) is 12.8. The number of imide groups is 1. The van der Waals surface area contributed by atoms with Crippen LogP contribution in [0.5, 0.6) is 0 Å². The average Bonchev–Trinajstić information content (AvgIpc) is 3.11. The van der Waals surface area contributed by atoms with E-state index in [0.717, 1.165) is 42.1 Å². The molecule has 3 heterocycles. The summed E-state index contributed by atoms with van der Waals surface area (Å²) in [7, 11) is 1.56. The largest absolute Gasteiger partial charge is 0.402 e. The summed E-state index contributed by atoms with van der Waals surface area (Å²) in [6, 6.07) is -1.32. The SMILES string of the molecule is CCCCCC[n+]1c(C)c(C)n2c1N=C1C2C(=O)N(CC(N)=O)C(=O)N1C. The number of aliphatic imine (C=N–C) groups is 1. The van der Waals surface area contributed by atoms with Crippen LogP contribution in [-0.4, -0.2) is 51.6 Å². The lowest BCUT2D eigenvalue weighted by atomic mass is 10.1. The number of hydrogen-bond donors (Lipinski definition) is 1. The quantitative estimate of drug-likeness (QED) is 0.566. The number of carbonyl (C=O) groups is 3. The summed E-state index contributed by atoms with van der Waals surface area (Å²) in [4.78, 5) is 43.7. The fourth-order valence-corrected chi connectivity index (χ4v) is 3.77. The molecule has 2 N–H and O–H groups in total. The Morgan fingerprint density at radius 3 is 2.56 bits per heavy atom. The Morgan fingerprint density at radius 1 is 1.22 bits per heavy atom. The summed E-state index contributed by atoms with van der Waals surface area (Å²) < 4.78 is 3.98. The number of fused-ring (bicyclic) bond motifs is 3. The number of primary amides is 1. The summed E-state index contributed by atoms with van der Waals surface area (Å²) in [6.45, 7) is 6.51. The van der Waals surface area contributed by atoms with Gasteiger partial charge in [-0.15, -0.1) is 0 Å². The van der Waals surface area contributed by atoms with Crippen LogP contribution in [0.3, 0.4) is 0 Å². The number of nitrogens with zero attached hydrogens (tertiary/aromatic N) is 5. The van der Waals surface area contributed by atoms with Gasteiger partial charge in [-0.25, -0.2) is 13.9 Å². The minimum absolute atomic E-state index is 0.395. The number of aromatic nitrogens is 2. The molecule has 1 saturated heterocycles. The molecule has 4 amide bonds. The first-order valence-corrected chi connectivity index (χ1v) is 9.36. The average molecular weight is 375 g/mol. The van der Waals surface area contributed by atoms with E-state index in [1.165, 1.54) is 11.3 Å². The molecule has 1 fully saturated rings. The number of unbranched alkanes of at least 4 members (excludes halogenated alkanes) is 3. The highest BCUT2D eigenvalue weighted by Crippen LogP contribution is 2.35. The number of hydrogen-bond acceptors (Lipinski definition) is 4. The van der Waals surface area contributed by atoms with Crippen molar-refractivity contribution in [2.75, 3.05) is 13.6 Å². The number of nitrogens with two attached hydrogens (primary N) is 1. The summed E-state index contributed by atoms with van der Waals surface area (Å²) in [6.07, 6.45) is 4.51. The molecule has 0 radical (unpaired) electrons. The van der Waals surface area contributed by atoms with Gasteiger partial charge in [0.05, 0.1) is 6.54 Å². The monoisotopic (exact) mass is 375 g/mol. The Balaban J connectivity index is 1.99. The molecule has 27 heavy (non-hydrogen) atoms. The number of rotatable bonds is 7. The Morgan fingerprint density at radius 2 is 1.93 bits per heavy atom. The van der Waals surface area contributed by atoms with Crippen molar-refractivity contribution < 1.29 is 19.0 Å². The molecule has 0 saturated carbocycles. The second-order valence-electron chi connectivity index (χ2n) is 7.16. The van der Waals surface area contributed by atoms with Crippen LogP contribution in [0.25, 0.3) is 0 Å². The molecule has 0 aliphatic carbocycles. The van der Waals surface area contributed by atoms with E-state index in [-0.39, 0.29) is 0 Å². The topological polar surface area (TPSA) is 105 Å². The molecule has 1 aromatic heterocycles. The van der Waals surface area contributed by atoms with Gasteiger partial charge in [0.15, 0.2) is 0 Å². The van der Waals surface area contributed by atoms with Crippen LogP contribution >= 0.6 is 0 Å². The van der Waals surface area contributed by atoms with Crippen molar-refractivity contribution in [2.45, 2.75) is 59.0 Å². The van der Waals surface area contributed by atoms with E-state index in [2.05, 4.69) is 16.5 Å². The molecule has 3 rings (SSSR count). The standard InChI is InChI=1S/C18H26N6O3/c1-5-6-7-8-9-22-11(2)12(3)24-14-15(20-17(22)24)21(4)18(27)23(16(14)26)10-13(19)25/h14H,5-10H2,1-4H3,(H-,19,25)/p+1. The predicted molar refractivity (Wildman–Crippen MR) is 98.4 cm³/mol. The number of amides is 4. The van der Waals surface area contributed by atoms with Gasteiger partial charge in [0, 0.05) is 7.05 Å². The minimum Gasteiger partial charge on any atom is -0.368 e. The van der Waals surface area contributed by atoms with Crippen molar-refractivity contribution in [3.63, 3.8) is 0 Å². The van der Waals surface area contributed by atoms with E-state index in [1.54, 1.807) is 7.05 Å². The summed E-state index contributed by atoms with van der Waals surface area (Å²) in [5.74, 6) is -0.123. The van der Waals surface area contributed by atoms with Gasteiger partial charge in [-0.05, 0) is 20.3 Å². The van der Waals surface area contributed by atoms with Crippen molar-refractivity contribution in [1.82, 2.24) is 14.4 Å². The first-order valence-electron chi connectivity index (χ1n) is 9.36. The molecule has 0 spiro atoms.